The molecule has 0 saturated carbocycles. The Morgan fingerprint density at radius 3 is 0.944 bits per heavy atom. The predicted molar refractivity (Wildman–Crippen MR) is 68.0 cm³/mol. The van der Waals surface area contributed by atoms with Crippen molar-refractivity contribution in [3.8, 4) is 0 Å². The number of aliphatic carboxylic acids is 1. The van der Waals surface area contributed by atoms with E-state index in [1.54, 1.807) is 0 Å². The van der Waals surface area contributed by atoms with E-state index in [2.05, 4.69) is 41.5 Å². The molecule has 0 saturated heterocycles. The van der Waals surface area contributed by atoms with Crippen molar-refractivity contribution in [3.05, 3.63) is 0 Å². The first-order valence-corrected chi connectivity index (χ1v) is 5.39. The molecule has 3 radical (unpaired) electrons. The third-order valence-corrected chi connectivity index (χ3v) is 2.93. The number of hydrogen-bond acceptors (Lipinski definition) is 1. The van der Waals surface area contributed by atoms with Gasteiger partial charge in [0.2, 0.25) is 0 Å². The smallest absolute Gasteiger partial charge is 0.300 e. The van der Waals surface area contributed by atoms with Crippen LogP contribution in [0.25, 0.3) is 0 Å². The van der Waals surface area contributed by atoms with Gasteiger partial charge in [0, 0.05) is 105 Å². The number of carbonyl (C=O) groups is 1. The van der Waals surface area contributed by atoms with Gasteiger partial charge in [0.05, 0.1) is 0 Å². The van der Waals surface area contributed by atoms with Gasteiger partial charge in [0.25, 0.3) is 5.97 Å². The molecule has 2 nitrogen and oxygen atoms in total. The van der Waals surface area contributed by atoms with Gasteiger partial charge in [-0.05, 0) is 23.7 Å². The van der Waals surface area contributed by atoms with Crippen LogP contribution in [0.15, 0.2) is 0 Å². The van der Waals surface area contributed by atoms with Gasteiger partial charge in [0.15, 0.2) is 0 Å². The molecule has 0 heterocycles. The number of carboxylic acid groups (broad SMARTS) is 1. The van der Waals surface area contributed by atoms with Gasteiger partial charge < -0.3 is 5.11 Å². The SMILES string of the molecule is C.CC(=O)O.CC(C)C(C)C(C)C(C)C.[Y].[Y].[Y]. The maximum absolute atomic E-state index is 9.00. The van der Waals surface area contributed by atoms with Crippen LogP contribution in [0, 0.1) is 23.7 Å². The molecular weight excluding hydrogens is 455 g/mol. The van der Waals surface area contributed by atoms with Crippen LogP contribution in [0.4, 0.5) is 0 Å². The van der Waals surface area contributed by atoms with Gasteiger partial charge in [0.1, 0.15) is 0 Å². The molecule has 0 aliphatic rings. The summed E-state index contributed by atoms with van der Waals surface area (Å²) >= 11 is 0. The maximum atomic E-state index is 9.00. The Hall–Kier alpha value is 2.78. The zero-order valence-electron chi connectivity index (χ0n) is 12.4. The molecule has 0 bridgehead atoms. The van der Waals surface area contributed by atoms with Crippen molar-refractivity contribution < 1.29 is 108 Å². The van der Waals surface area contributed by atoms with Crippen LogP contribution < -0.4 is 0 Å². The first-order valence-electron chi connectivity index (χ1n) is 5.39. The zero-order chi connectivity index (χ0) is 11.9. The second-order valence-electron chi connectivity index (χ2n) is 4.73. The molecule has 0 amide bonds. The third kappa shape index (κ3) is 27.2. The summed E-state index contributed by atoms with van der Waals surface area (Å²) in [5.74, 6) is 2.55. The third-order valence-electron chi connectivity index (χ3n) is 2.93. The Kier molecular flexibility index (Phi) is 45.6. The molecule has 0 aliphatic carbocycles. The second-order valence-corrected chi connectivity index (χ2v) is 4.73. The van der Waals surface area contributed by atoms with Gasteiger partial charge in [-0.2, -0.15) is 0 Å². The minimum atomic E-state index is -0.833. The molecule has 0 aliphatic heterocycles. The zero-order valence-corrected chi connectivity index (χ0v) is 20.9. The first kappa shape index (κ1) is 37.2. The molecule has 1 N–H and O–H groups in total. The molecule has 18 heavy (non-hydrogen) atoms. The summed E-state index contributed by atoms with van der Waals surface area (Å²) in [6.45, 7) is 15.0. The van der Waals surface area contributed by atoms with E-state index < -0.39 is 5.97 Å². The van der Waals surface area contributed by atoms with E-state index in [-0.39, 0.29) is 106 Å². The summed E-state index contributed by atoms with van der Waals surface area (Å²) in [5, 5.41) is 7.42. The van der Waals surface area contributed by atoms with Crippen molar-refractivity contribution in [2.45, 2.75) is 55.9 Å². The quantitative estimate of drug-likeness (QED) is 0.648. The Balaban J connectivity index is -0.0000000402. The summed E-state index contributed by atoms with van der Waals surface area (Å²) in [7, 11) is 0. The molecule has 103 valence electrons. The van der Waals surface area contributed by atoms with Crippen molar-refractivity contribution in [2.24, 2.45) is 23.7 Å². The van der Waals surface area contributed by atoms with Crippen LogP contribution >= 0.6 is 0 Å². The fourth-order valence-electron chi connectivity index (χ4n) is 1.21. The van der Waals surface area contributed by atoms with Gasteiger partial charge >= 0.3 is 0 Å². The molecular formula is C13H30O2Y3. The average molecular weight is 485 g/mol. The Morgan fingerprint density at radius 1 is 0.778 bits per heavy atom. The molecule has 2 unspecified atom stereocenters. The van der Waals surface area contributed by atoms with E-state index in [1.165, 1.54) is 0 Å². The summed E-state index contributed by atoms with van der Waals surface area (Å²) in [6, 6.07) is 0. The number of rotatable bonds is 3. The van der Waals surface area contributed by atoms with Crippen molar-refractivity contribution in [1.29, 1.82) is 0 Å². The molecule has 0 rings (SSSR count). The molecule has 0 aromatic carbocycles. The van der Waals surface area contributed by atoms with E-state index in [4.69, 9.17) is 9.90 Å². The van der Waals surface area contributed by atoms with Crippen molar-refractivity contribution in [2.75, 3.05) is 0 Å². The fraction of sp³-hybridized carbons (Fsp3) is 0.923. The molecule has 0 aromatic heterocycles. The van der Waals surface area contributed by atoms with Gasteiger partial charge in [-0.1, -0.05) is 49.0 Å². The van der Waals surface area contributed by atoms with Crippen LogP contribution in [0.5, 0.6) is 0 Å². The minimum absolute atomic E-state index is 0. The van der Waals surface area contributed by atoms with Crippen LogP contribution in [0.3, 0.4) is 0 Å². The molecule has 0 spiro atoms. The summed E-state index contributed by atoms with van der Waals surface area (Å²) in [5.41, 5.74) is 0. The van der Waals surface area contributed by atoms with E-state index >= 15 is 0 Å². The van der Waals surface area contributed by atoms with Crippen molar-refractivity contribution in [3.63, 3.8) is 0 Å². The van der Waals surface area contributed by atoms with E-state index in [0.717, 1.165) is 30.6 Å². The molecule has 0 aromatic rings. The van der Waals surface area contributed by atoms with Crippen molar-refractivity contribution in [1.82, 2.24) is 0 Å². The standard InChI is InChI=1S/C10H22.C2H4O2.CH4.3Y/c1-7(2)9(5)10(6)8(3)4;1-2(3)4;;;;/h7-10H,1-6H3;1H3,(H,3,4);1H4;;;. The molecule has 2 atom stereocenters. The summed E-state index contributed by atoms with van der Waals surface area (Å²) in [4.78, 5) is 9.00. The topological polar surface area (TPSA) is 37.3 Å². The van der Waals surface area contributed by atoms with E-state index in [1.807, 2.05) is 0 Å². The van der Waals surface area contributed by atoms with E-state index in [0.29, 0.717) is 0 Å². The van der Waals surface area contributed by atoms with Crippen LogP contribution in [-0.2, 0) is 103 Å². The Morgan fingerprint density at radius 2 is 0.889 bits per heavy atom. The predicted octanol–water partition coefficient (Wildman–Crippen LogP) is 4.29. The maximum Gasteiger partial charge on any atom is 0.300 e. The molecule has 0 fully saturated rings. The van der Waals surface area contributed by atoms with Crippen LogP contribution in [0.1, 0.15) is 55.9 Å². The largest absolute Gasteiger partial charge is 0.481 e. The minimum Gasteiger partial charge on any atom is -0.481 e. The van der Waals surface area contributed by atoms with Gasteiger partial charge in [-0.15, -0.1) is 0 Å². The summed E-state index contributed by atoms with van der Waals surface area (Å²) < 4.78 is 0. The normalized spacial score (nSPS) is 11.4. The average Bonchev–Trinajstić information content (AvgIpc) is 2.00. The fourth-order valence-corrected chi connectivity index (χ4v) is 1.21. The van der Waals surface area contributed by atoms with Gasteiger partial charge in [-0.25, -0.2) is 0 Å². The Labute approximate surface area is 190 Å². The van der Waals surface area contributed by atoms with E-state index in [9.17, 15) is 0 Å². The monoisotopic (exact) mass is 485 g/mol. The summed E-state index contributed by atoms with van der Waals surface area (Å²) in [6.07, 6.45) is 0. The molecule has 5 heteroatoms. The van der Waals surface area contributed by atoms with Gasteiger partial charge in [-0.3, -0.25) is 4.79 Å². The van der Waals surface area contributed by atoms with Crippen LogP contribution in [-0.4, -0.2) is 11.1 Å². The second kappa shape index (κ2) is 22.1. The van der Waals surface area contributed by atoms with Crippen LogP contribution in [0.2, 0.25) is 0 Å². The number of carboxylic acids is 1. The van der Waals surface area contributed by atoms with Crippen molar-refractivity contribution >= 4 is 5.97 Å². The number of hydrogen-bond donors (Lipinski definition) is 1. The first-order chi connectivity index (χ1) is 6.20. The Bertz CT molecular complexity index is 146.